The molecule has 1 amide bonds. The Morgan fingerprint density at radius 3 is 2.26 bits per heavy atom. The monoisotopic (exact) mass is 637 g/mol. The number of hydrogen-bond acceptors (Lipinski definition) is 8. The van der Waals surface area contributed by atoms with Gasteiger partial charge in [0.1, 0.15) is 6.04 Å². The molecule has 10 nitrogen and oxygen atoms in total. The van der Waals surface area contributed by atoms with E-state index in [4.69, 9.17) is 0 Å². The standard InChI is InChI=1S/C37H51N9O/c1-9-24(4)18-31(21-38)42-25(5)22-41-36(7,8)23-37(35-43-45-46-44-35)32-16-14-27(26(6)39-10-2)19-28(32)12-13-29-20-30(15-17-33(29)37)34(47)40-11-3/h14-17,19-20,24,31,39,41-42H,5-6,9-13,18,22-23H2,1-4,7-8H3,(H,40,47)(H,43,44,45,46)/t24-,31?,37?/m0/s1. The molecule has 250 valence electrons. The third kappa shape index (κ3) is 8.09. The molecule has 4 rings (SSSR count). The largest absolute Gasteiger partial charge is 0.385 e. The predicted octanol–water partition coefficient (Wildman–Crippen LogP) is 5.15. The number of nitrogens with zero attached hydrogens (tertiary/aromatic N) is 4. The molecule has 0 saturated carbocycles. The number of rotatable bonds is 16. The van der Waals surface area contributed by atoms with Crippen molar-refractivity contribution >= 4 is 11.6 Å². The van der Waals surface area contributed by atoms with Gasteiger partial charge >= 0.3 is 0 Å². The molecule has 2 unspecified atom stereocenters. The van der Waals surface area contributed by atoms with Crippen molar-refractivity contribution in [3.63, 3.8) is 0 Å². The van der Waals surface area contributed by atoms with Crippen molar-refractivity contribution in [2.45, 2.75) is 90.6 Å². The first-order valence-corrected chi connectivity index (χ1v) is 16.8. The maximum atomic E-state index is 12.9. The van der Waals surface area contributed by atoms with Crippen LogP contribution in [-0.2, 0) is 18.3 Å². The van der Waals surface area contributed by atoms with E-state index in [9.17, 15) is 10.1 Å². The van der Waals surface area contributed by atoms with E-state index in [2.05, 4.69) is 120 Å². The second-order valence-electron chi connectivity index (χ2n) is 13.4. The third-order valence-electron chi connectivity index (χ3n) is 9.24. The normalized spacial score (nSPS) is 16.9. The average Bonchev–Trinajstić information content (AvgIpc) is 3.57. The molecule has 1 aliphatic rings. The van der Waals surface area contributed by atoms with E-state index in [0.29, 0.717) is 36.8 Å². The van der Waals surface area contributed by atoms with E-state index in [0.717, 1.165) is 65.9 Å². The van der Waals surface area contributed by atoms with Crippen LogP contribution in [0.2, 0.25) is 0 Å². The number of amides is 1. The Morgan fingerprint density at radius 2 is 1.68 bits per heavy atom. The van der Waals surface area contributed by atoms with Crippen LogP contribution >= 0.6 is 0 Å². The fraction of sp³-hybridized carbons (Fsp3) is 0.486. The van der Waals surface area contributed by atoms with E-state index in [-0.39, 0.29) is 11.9 Å². The highest BCUT2D eigenvalue weighted by Crippen LogP contribution is 2.48. The summed E-state index contributed by atoms with van der Waals surface area (Å²) < 4.78 is 0. The van der Waals surface area contributed by atoms with Gasteiger partial charge < -0.3 is 21.3 Å². The predicted molar refractivity (Wildman–Crippen MR) is 188 cm³/mol. The van der Waals surface area contributed by atoms with Crippen LogP contribution in [0, 0.1) is 17.2 Å². The number of tetrazole rings is 1. The SMILES string of the molecule is C=C(CNC(C)(C)CC1(c2nnn[nH]2)c2ccc(C(=C)NCC)cc2CCc2cc(C(=O)NCC)ccc21)NC(C#N)C[C@@H](C)CC. The molecule has 0 spiro atoms. The summed E-state index contributed by atoms with van der Waals surface area (Å²) in [4.78, 5) is 12.9. The number of nitriles is 1. The van der Waals surface area contributed by atoms with Gasteiger partial charge in [0.2, 0.25) is 0 Å². The zero-order valence-electron chi connectivity index (χ0n) is 28.9. The van der Waals surface area contributed by atoms with Crippen molar-refractivity contribution in [2.24, 2.45) is 5.92 Å². The van der Waals surface area contributed by atoms with Crippen molar-refractivity contribution in [2.75, 3.05) is 19.6 Å². The molecular formula is C37H51N9O. The number of carbonyl (C=O) groups excluding carboxylic acids is 1. The van der Waals surface area contributed by atoms with E-state index in [1.165, 1.54) is 5.56 Å². The van der Waals surface area contributed by atoms with Crippen LogP contribution in [0.1, 0.15) is 105 Å². The van der Waals surface area contributed by atoms with Crippen LogP contribution in [0.4, 0.5) is 0 Å². The summed E-state index contributed by atoms with van der Waals surface area (Å²) in [5.74, 6) is 0.986. The Bertz CT molecular complexity index is 1530. The zero-order valence-corrected chi connectivity index (χ0v) is 28.9. The second kappa shape index (κ2) is 15.4. The fourth-order valence-corrected chi connectivity index (χ4v) is 6.71. The molecule has 0 saturated heterocycles. The number of hydrogen-bond donors (Lipinski definition) is 5. The Morgan fingerprint density at radius 1 is 1.04 bits per heavy atom. The lowest BCUT2D eigenvalue weighted by molar-refractivity contribution is 0.0955. The van der Waals surface area contributed by atoms with Crippen LogP contribution in [0.25, 0.3) is 5.70 Å². The van der Waals surface area contributed by atoms with Crippen LogP contribution < -0.4 is 21.3 Å². The topological polar surface area (TPSA) is 143 Å². The summed E-state index contributed by atoms with van der Waals surface area (Å²) in [7, 11) is 0. The molecule has 1 aromatic heterocycles. The van der Waals surface area contributed by atoms with Crippen LogP contribution in [0.15, 0.2) is 55.3 Å². The lowest BCUT2D eigenvalue weighted by Crippen LogP contribution is -2.49. The number of fused-ring (bicyclic) bond motifs is 2. The average molecular weight is 638 g/mol. The van der Waals surface area contributed by atoms with Gasteiger partial charge in [-0.2, -0.15) is 5.26 Å². The molecule has 5 N–H and O–H groups in total. The lowest BCUT2D eigenvalue weighted by Gasteiger charge is -2.41. The molecule has 3 atom stereocenters. The summed E-state index contributed by atoms with van der Waals surface area (Å²) in [6, 6.07) is 14.6. The Hall–Kier alpha value is -4.49. The Labute approximate surface area is 279 Å². The Kier molecular flexibility index (Phi) is 11.6. The summed E-state index contributed by atoms with van der Waals surface area (Å²) >= 11 is 0. The number of aromatic amines is 1. The summed E-state index contributed by atoms with van der Waals surface area (Å²) in [5, 5.41) is 38.9. The zero-order chi connectivity index (χ0) is 34.2. The second-order valence-corrected chi connectivity index (χ2v) is 13.4. The van der Waals surface area contributed by atoms with Crippen molar-refractivity contribution in [3.05, 3.63) is 94.5 Å². The molecule has 0 radical (unpaired) electrons. The van der Waals surface area contributed by atoms with Gasteiger partial charge in [-0.3, -0.25) is 4.79 Å². The van der Waals surface area contributed by atoms with E-state index in [1.807, 2.05) is 19.1 Å². The third-order valence-corrected chi connectivity index (χ3v) is 9.24. The maximum Gasteiger partial charge on any atom is 0.251 e. The number of aromatic nitrogens is 4. The number of nitrogens with one attached hydrogen (secondary N) is 5. The molecule has 2 aromatic carbocycles. The van der Waals surface area contributed by atoms with Crippen molar-refractivity contribution < 1.29 is 4.79 Å². The minimum absolute atomic E-state index is 0.0924. The highest BCUT2D eigenvalue weighted by molar-refractivity contribution is 5.94. The van der Waals surface area contributed by atoms with Gasteiger partial charge in [-0.25, -0.2) is 5.10 Å². The molecule has 0 fully saturated rings. The van der Waals surface area contributed by atoms with Crippen molar-refractivity contribution in [1.29, 1.82) is 5.26 Å². The van der Waals surface area contributed by atoms with Gasteiger partial charge in [-0.15, -0.1) is 5.10 Å². The summed E-state index contributed by atoms with van der Waals surface area (Å²) in [6.07, 6.45) is 3.90. The van der Waals surface area contributed by atoms with Crippen molar-refractivity contribution in [3.8, 4) is 6.07 Å². The van der Waals surface area contributed by atoms with E-state index in [1.54, 1.807) is 0 Å². The van der Waals surface area contributed by atoms with Gasteiger partial charge in [-0.1, -0.05) is 51.6 Å². The minimum Gasteiger partial charge on any atom is -0.385 e. The smallest absolute Gasteiger partial charge is 0.251 e. The van der Waals surface area contributed by atoms with Gasteiger partial charge in [0.25, 0.3) is 5.91 Å². The molecule has 1 aliphatic carbocycles. The summed E-state index contributed by atoms with van der Waals surface area (Å²) in [5.41, 5.74) is 6.50. The van der Waals surface area contributed by atoms with Crippen LogP contribution in [0.3, 0.4) is 0 Å². The van der Waals surface area contributed by atoms with Crippen molar-refractivity contribution in [1.82, 2.24) is 41.9 Å². The highest BCUT2D eigenvalue weighted by atomic mass is 16.1. The van der Waals surface area contributed by atoms with Gasteiger partial charge in [-0.05, 0) is 116 Å². The molecule has 0 aliphatic heterocycles. The molecular weight excluding hydrogens is 586 g/mol. The van der Waals surface area contributed by atoms with Crippen LogP contribution in [-0.4, -0.2) is 57.7 Å². The fourth-order valence-electron chi connectivity index (χ4n) is 6.71. The first-order valence-electron chi connectivity index (χ1n) is 16.8. The van der Waals surface area contributed by atoms with E-state index >= 15 is 0 Å². The maximum absolute atomic E-state index is 12.9. The first-order chi connectivity index (χ1) is 22.5. The number of benzene rings is 2. The lowest BCUT2D eigenvalue weighted by atomic mass is 9.65. The number of carbonyl (C=O) groups is 1. The molecule has 3 aromatic rings. The highest BCUT2D eigenvalue weighted by Gasteiger charge is 2.47. The molecule has 10 heteroatoms. The van der Waals surface area contributed by atoms with E-state index < -0.39 is 11.0 Å². The quantitative estimate of drug-likeness (QED) is 0.145. The van der Waals surface area contributed by atoms with Gasteiger partial charge in [0.05, 0.1) is 11.5 Å². The number of H-pyrrole nitrogens is 1. The number of aryl methyl sites for hydroxylation is 2. The van der Waals surface area contributed by atoms with Gasteiger partial charge in [0.15, 0.2) is 5.82 Å². The summed E-state index contributed by atoms with van der Waals surface area (Å²) in [6.45, 7) is 23.0. The van der Waals surface area contributed by atoms with Crippen LogP contribution in [0.5, 0.6) is 0 Å². The van der Waals surface area contributed by atoms with Gasteiger partial charge in [0, 0.05) is 42.1 Å². The minimum atomic E-state index is -0.778. The molecule has 1 heterocycles. The molecule has 47 heavy (non-hydrogen) atoms. The molecule has 0 bridgehead atoms. The first kappa shape index (κ1) is 35.4. The Balaban J connectivity index is 1.80.